The lowest BCUT2D eigenvalue weighted by atomic mass is 10.1. The molecule has 1 fully saturated rings. The average Bonchev–Trinajstić information content (AvgIpc) is 2.30. The summed E-state index contributed by atoms with van der Waals surface area (Å²) in [6.07, 6.45) is 4.82. The standard InChI is InChI=1S/C12H16N2O2/c1-9-5-6-13-11(15)10(9)12(16)14-7-3-2-4-8-14/h5-6H,2-4,7-8H2,1H3,(H,13,15). The van der Waals surface area contributed by atoms with Crippen molar-refractivity contribution in [2.75, 3.05) is 13.1 Å². The summed E-state index contributed by atoms with van der Waals surface area (Å²) in [7, 11) is 0. The van der Waals surface area contributed by atoms with E-state index < -0.39 is 0 Å². The van der Waals surface area contributed by atoms with Gasteiger partial charge in [-0.3, -0.25) is 9.59 Å². The first-order valence-corrected chi connectivity index (χ1v) is 5.67. The van der Waals surface area contributed by atoms with Gasteiger partial charge >= 0.3 is 0 Å². The Labute approximate surface area is 94.3 Å². The van der Waals surface area contributed by atoms with Crippen molar-refractivity contribution < 1.29 is 4.79 Å². The molecular formula is C12H16N2O2. The van der Waals surface area contributed by atoms with E-state index in [0.29, 0.717) is 5.56 Å². The Kier molecular flexibility index (Phi) is 3.08. The first-order chi connectivity index (χ1) is 7.70. The molecule has 4 heteroatoms. The Bertz CT molecular complexity index is 445. The Hall–Kier alpha value is -1.58. The molecule has 2 rings (SSSR count). The molecule has 0 spiro atoms. The number of aryl methyl sites for hydroxylation is 1. The van der Waals surface area contributed by atoms with Crippen molar-refractivity contribution in [1.82, 2.24) is 9.88 Å². The first kappa shape index (κ1) is 10.9. The maximum Gasteiger partial charge on any atom is 0.261 e. The van der Waals surface area contributed by atoms with Crippen LogP contribution in [0.1, 0.15) is 35.2 Å². The first-order valence-electron chi connectivity index (χ1n) is 5.67. The van der Waals surface area contributed by atoms with Gasteiger partial charge in [0.1, 0.15) is 5.56 Å². The third-order valence-corrected chi connectivity index (χ3v) is 3.03. The Morgan fingerprint density at radius 1 is 1.31 bits per heavy atom. The number of likely N-dealkylation sites (tertiary alicyclic amines) is 1. The number of hydrogen-bond donors (Lipinski definition) is 1. The van der Waals surface area contributed by atoms with Gasteiger partial charge in [-0.05, 0) is 37.8 Å². The highest BCUT2D eigenvalue weighted by molar-refractivity contribution is 5.95. The Balaban J connectivity index is 2.29. The van der Waals surface area contributed by atoms with Gasteiger partial charge in [0.2, 0.25) is 0 Å². The average molecular weight is 220 g/mol. The minimum absolute atomic E-state index is 0.126. The zero-order valence-electron chi connectivity index (χ0n) is 9.45. The van der Waals surface area contributed by atoms with Gasteiger partial charge in [0.05, 0.1) is 0 Å². The molecule has 1 aromatic rings. The summed E-state index contributed by atoms with van der Waals surface area (Å²) in [5, 5.41) is 0. The number of H-pyrrole nitrogens is 1. The largest absolute Gasteiger partial charge is 0.338 e. The van der Waals surface area contributed by atoms with Crippen molar-refractivity contribution in [3.05, 3.63) is 33.7 Å². The zero-order chi connectivity index (χ0) is 11.5. The van der Waals surface area contributed by atoms with Crippen molar-refractivity contribution in [2.24, 2.45) is 0 Å². The quantitative estimate of drug-likeness (QED) is 0.775. The van der Waals surface area contributed by atoms with Crippen LogP contribution in [-0.2, 0) is 0 Å². The number of amides is 1. The minimum atomic E-state index is -0.282. The lowest BCUT2D eigenvalue weighted by Gasteiger charge is -2.26. The van der Waals surface area contributed by atoms with Gasteiger partial charge in [-0.1, -0.05) is 0 Å². The number of nitrogens with one attached hydrogen (secondary N) is 1. The van der Waals surface area contributed by atoms with Crippen LogP contribution in [0.5, 0.6) is 0 Å². The molecule has 16 heavy (non-hydrogen) atoms. The summed E-state index contributed by atoms with van der Waals surface area (Å²) < 4.78 is 0. The van der Waals surface area contributed by atoms with Gasteiger partial charge in [-0.15, -0.1) is 0 Å². The summed E-state index contributed by atoms with van der Waals surface area (Å²) >= 11 is 0. The van der Waals surface area contributed by atoms with Crippen molar-refractivity contribution in [1.29, 1.82) is 0 Å². The number of pyridine rings is 1. The van der Waals surface area contributed by atoms with Crippen LogP contribution in [0.15, 0.2) is 17.1 Å². The second kappa shape index (κ2) is 4.51. The van der Waals surface area contributed by atoms with Crippen LogP contribution in [0, 0.1) is 6.92 Å². The molecule has 1 amide bonds. The summed E-state index contributed by atoms with van der Waals surface area (Å²) in [5.74, 6) is -0.126. The summed E-state index contributed by atoms with van der Waals surface area (Å²) in [4.78, 5) is 28.1. The van der Waals surface area contributed by atoms with Crippen LogP contribution < -0.4 is 5.56 Å². The van der Waals surface area contributed by atoms with Gasteiger partial charge in [-0.2, -0.15) is 0 Å². The normalized spacial score (nSPS) is 16.2. The number of carbonyl (C=O) groups excluding carboxylic acids is 1. The molecule has 1 N–H and O–H groups in total. The third kappa shape index (κ3) is 2.01. The fraction of sp³-hybridized carbons (Fsp3) is 0.500. The molecule has 0 aromatic carbocycles. The maximum absolute atomic E-state index is 12.1. The highest BCUT2D eigenvalue weighted by atomic mass is 16.2. The molecule has 0 radical (unpaired) electrons. The van der Waals surface area contributed by atoms with E-state index in [4.69, 9.17) is 0 Å². The van der Waals surface area contributed by atoms with Gasteiger partial charge in [0, 0.05) is 19.3 Å². The van der Waals surface area contributed by atoms with E-state index in [1.54, 1.807) is 24.1 Å². The molecule has 0 bridgehead atoms. The SMILES string of the molecule is Cc1cc[nH]c(=O)c1C(=O)N1CCCCC1. The van der Waals surface area contributed by atoms with Crippen LogP contribution >= 0.6 is 0 Å². The highest BCUT2D eigenvalue weighted by Gasteiger charge is 2.21. The van der Waals surface area contributed by atoms with Gasteiger partial charge in [0.15, 0.2) is 0 Å². The van der Waals surface area contributed by atoms with E-state index in [1.807, 2.05) is 0 Å². The van der Waals surface area contributed by atoms with Crippen LogP contribution in [-0.4, -0.2) is 28.9 Å². The molecule has 4 nitrogen and oxygen atoms in total. The van der Waals surface area contributed by atoms with Crippen molar-refractivity contribution in [2.45, 2.75) is 26.2 Å². The second-order valence-corrected chi connectivity index (χ2v) is 4.22. The van der Waals surface area contributed by atoms with Crippen molar-refractivity contribution >= 4 is 5.91 Å². The van der Waals surface area contributed by atoms with Gasteiger partial charge in [-0.25, -0.2) is 0 Å². The van der Waals surface area contributed by atoms with E-state index in [2.05, 4.69) is 4.98 Å². The van der Waals surface area contributed by atoms with Gasteiger partial charge < -0.3 is 9.88 Å². The van der Waals surface area contributed by atoms with E-state index in [0.717, 1.165) is 31.5 Å². The fourth-order valence-corrected chi connectivity index (χ4v) is 2.10. The van der Waals surface area contributed by atoms with E-state index in [9.17, 15) is 9.59 Å². The predicted octanol–water partition coefficient (Wildman–Crippen LogP) is 1.31. The monoisotopic (exact) mass is 220 g/mol. The Morgan fingerprint density at radius 2 is 2.00 bits per heavy atom. The molecule has 1 aromatic heterocycles. The number of piperidine rings is 1. The van der Waals surface area contributed by atoms with Crippen molar-refractivity contribution in [3.8, 4) is 0 Å². The van der Waals surface area contributed by atoms with Crippen LogP contribution in [0.4, 0.5) is 0 Å². The highest BCUT2D eigenvalue weighted by Crippen LogP contribution is 2.12. The van der Waals surface area contributed by atoms with Gasteiger partial charge in [0.25, 0.3) is 11.5 Å². The molecule has 0 unspecified atom stereocenters. The summed E-state index contributed by atoms with van der Waals surface area (Å²) in [6, 6.07) is 1.76. The molecule has 0 aliphatic carbocycles. The zero-order valence-corrected chi connectivity index (χ0v) is 9.45. The van der Waals surface area contributed by atoms with Crippen molar-refractivity contribution in [3.63, 3.8) is 0 Å². The number of hydrogen-bond acceptors (Lipinski definition) is 2. The molecule has 0 saturated carbocycles. The molecule has 1 saturated heterocycles. The lowest BCUT2D eigenvalue weighted by Crippen LogP contribution is -2.38. The summed E-state index contributed by atoms with van der Waals surface area (Å²) in [6.45, 7) is 3.34. The number of aromatic nitrogens is 1. The van der Waals surface area contributed by atoms with E-state index in [-0.39, 0.29) is 11.5 Å². The van der Waals surface area contributed by atoms with Crippen LogP contribution in [0.2, 0.25) is 0 Å². The lowest BCUT2D eigenvalue weighted by molar-refractivity contribution is 0.0721. The fourth-order valence-electron chi connectivity index (χ4n) is 2.10. The molecule has 1 aliphatic heterocycles. The van der Waals surface area contributed by atoms with Crippen LogP contribution in [0.25, 0.3) is 0 Å². The molecule has 0 atom stereocenters. The summed E-state index contributed by atoms with van der Waals surface area (Å²) in [5.41, 5.74) is 0.763. The maximum atomic E-state index is 12.1. The number of rotatable bonds is 1. The number of aromatic amines is 1. The smallest absolute Gasteiger partial charge is 0.261 e. The van der Waals surface area contributed by atoms with Crippen LogP contribution in [0.3, 0.4) is 0 Å². The molecule has 86 valence electrons. The second-order valence-electron chi connectivity index (χ2n) is 4.22. The minimum Gasteiger partial charge on any atom is -0.338 e. The number of carbonyl (C=O) groups is 1. The Morgan fingerprint density at radius 3 is 2.62 bits per heavy atom. The molecular weight excluding hydrogens is 204 g/mol. The van der Waals surface area contributed by atoms with E-state index in [1.165, 1.54) is 6.42 Å². The number of nitrogens with zero attached hydrogens (tertiary/aromatic N) is 1. The van der Waals surface area contributed by atoms with E-state index >= 15 is 0 Å². The predicted molar refractivity (Wildman–Crippen MR) is 61.6 cm³/mol. The third-order valence-electron chi connectivity index (χ3n) is 3.03. The topological polar surface area (TPSA) is 53.2 Å². The molecule has 2 heterocycles. The molecule has 1 aliphatic rings.